The van der Waals surface area contributed by atoms with Crippen LogP contribution in [0.15, 0.2) is 27.6 Å². The lowest BCUT2D eigenvalue weighted by Crippen LogP contribution is -2.17. The van der Waals surface area contributed by atoms with Gasteiger partial charge in [-0.1, -0.05) is 15.9 Å². The third kappa shape index (κ3) is 3.98. The Balaban J connectivity index is 2.81. The number of ether oxygens (including phenoxy) is 1. The Morgan fingerprint density at radius 2 is 2.22 bits per heavy atom. The quantitative estimate of drug-likeness (QED) is 0.829. The lowest BCUT2D eigenvalue weighted by Gasteiger charge is -2.09. The molecule has 0 aromatic heterocycles. The molecular weight excluding hydrogens is 320 g/mol. The van der Waals surface area contributed by atoms with E-state index in [0.717, 1.165) is 0 Å². The molecule has 1 aromatic carbocycles. The molecule has 18 heavy (non-hydrogen) atoms. The summed E-state index contributed by atoms with van der Waals surface area (Å²) in [5, 5.41) is 8.51. The van der Waals surface area contributed by atoms with Crippen molar-refractivity contribution >= 4 is 31.5 Å². The number of nitriles is 1. The smallest absolute Gasteiger partial charge is 0.182 e. The Labute approximate surface area is 115 Å². The maximum absolute atomic E-state index is 12.0. The summed E-state index contributed by atoms with van der Waals surface area (Å²) in [5.74, 6) is -0.209. The van der Waals surface area contributed by atoms with Crippen LogP contribution in [0.3, 0.4) is 0 Å². The fraction of sp³-hybridized carbons (Fsp3) is 0.364. The van der Waals surface area contributed by atoms with Gasteiger partial charge >= 0.3 is 0 Å². The van der Waals surface area contributed by atoms with Crippen LogP contribution in [-0.2, 0) is 14.6 Å². The lowest BCUT2D eigenvalue weighted by atomic mass is 10.3. The van der Waals surface area contributed by atoms with Crippen molar-refractivity contribution in [3.05, 3.63) is 22.7 Å². The summed E-state index contributed by atoms with van der Waals surface area (Å²) < 4.78 is 29.7. The summed E-state index contributed by atoms with van der Waals surface area (Å²) in [4.78, 5) is 0.0742. The van der Waals surface area contributed by atoms with E-state index in [-0.39, 0.29) is 22.9 Å². The highest BCUT2D eigenvalue weighted by atomic mass is 79.9. The topological polar surface area (TPSA) is 93.2 Å². The van der Waals surface area contributed by atoms with E-state index in [0.29, 0.717) is 4.47 Å². The predicted octanol–water partition coefficient (Wildman–Crippen LogP) is 1.73. The van der Waals surface area contributed by atoms with Crippen molar-refractivity contribution in [2.24, 2.45) is 0 Å². The van der Waals surface area contributed by atoms with E-state index in [4.69, 9.17) is 15.7 Å². The molecule has 0 aliphatic heterocycles. The fourth-order valence-corrected chi connectivity index (χ4v) is 3.04. The number of anilines is 1. The molecule has 98 valence electrons. The number of nitrogens with zero attached hydrogens (tertiary/aromatic N) is 1. The molecule has 1 aromatic rings. The van der Waals surface area contributed by atoms with E-state index in [9.17, 15) is 8.42 Å². The first kappa shape index (κ1) is 15.0. The molecule has 0 amide bonds. The molecule has 0 saturated carbocycles. The highest BCUT2D eigenvalue weighted by Crippen LogP contribution is 2.23. The number of sulfone groups is 1. The molecule has 0 saturated heterocycles. The van der Waals surface area contributed by atoms with Crippen LogP contribution in [0.4, 0.5) is 5.69 Å². The first-order valence-electron chi connectivity index (χ1n) is 5.16. The Morgan fingerprint density at radius 1 is 1.56 bits per heavy atom. The second-order valence-corrected chi connectivity index (χ2v) is 6.64. The minimum Gasteiger partial charge on any atom is -0.398 e. The first-order chi connectivity index (χ1) is 8.36. The molecule has 1 rings (SSSR count). The Morgan fingerprint density at radius 3 is 2.83 bits per heavy atom. The molecule has 7 heteroatoms. The van der Waals surface area contributed by atoms with Crippen molar-refractivity contribution in [1.29, 1.82) is 5.26 Å². The van der Waals surface area contributed by atoms with Gasteiger partial charge in [0.2, 0.25) is 0 Å². The number of benzene rings is 1. The minimum absolute atomic E-state index is 0.0387. The third-order valence-electron chi connectivity index (χ3n) is 2.21. The monoisotopic (exact) mass is 332 g/mol. The lowest BCUT2D eigenvalue weighted by molar-refractivity contribution is 0.116. The molecule has 5 nitrogen and oxygen atoms in total. The van der Waals surface area contributed by atoms with E-state index in [1.807, 2.05) is 6.07 Å². The number of halogens is 1. The van der Waals surface area contributed by atoms with Gasteiger partial charge in [0.05, 0.1) is 29.0 Å². The van der Waals surface area contributed by atoms with E-state index in [2.05, 4.69) is 15.9 Å². The average molecular weight is 333 g/mol. The molecule has 0 aliphatic carbocycles. The number of rotatable bonds is 5. The predicted molar refractivity (Wildman–Crippen MR) is 71.6 cm³/mol. The van der Waals surface area contributed by atoms with Gasteiger partial charge in [0.1, 0.15) is 6.10 Å². The zero-order valence-corrected chi connectivity index (χ0v) is 12.2. The van der Waals surface area contributed by atoms with Crippen LogP contribution in [0.1, 0.15) is 6.92 Å². The normalized spacial score (nSPS) is 12.9. The third-order valence-corrected chi connectivity index (χ3v) is 4.43. The van der Waals surface area contributed by atoms with Crippen molar-refractivity contribution in [2.45, 2.75) is 17.9 Å². The minimum atomic E-state index is -3.51. The molecule has 0 spiro atoms. The summed E-state index contributed by atoms with van der Waals surface area (Å²) in [5.41, 5.74) is 5.84. The van der Waals surface area contributed by atoms with Gasteiger partial charge in [-0.15, -0.1) is 0 Å². The van der Waals surface area contributed by atoms with Crippen LogP contribution in [0, 0.1) is 11.3 Å². The standard InChI is InChI=1S/C11H13BrN2O3S/c1-8(7-13)17-4-5-18(15,16)11-6-9(12)2-3-10(11)14/h2-3,6,8H,4-5,14H2,1H3. The molecule has 0 fully saturated rings. The largest absolute Gasteiger partial charge is 0.398 e. The number of nitrogen functional groups attached to an aromatic ring is 1. The van der Waals surface area contributed by atoms with Gasteiger partial charge < -0.3 is 10.5 Å². The molecule has 1 atom stereocenters. The summed E-state index contributed by atoms with van der Waals surface area (Å²) in [6, 6.07) is 6.51. The maximum Gasteiger partial charge on any atom is 0.182 e. The highest BCUT2D eigenvalue weighted by molar-refractivity contribution is 9.10. The molecule has 2 N–H and O–H groups in total. The van der Waals surface area contributed by atoms with E-state index in [1.54, 1.807) is 13.0 Å². The van der Waals surface area contributed by atoms with E-state index >= 15 is 0 Å². The van der Waals surface area contributed by atoms with Gasteiger partial charge in [0, 0.05) is 4.47 Å². The van der Waals surface area contributed by atoms with Crippen LogP contribution >= 0.6 is 15.9 Å². The SMILES string of the molecule is CC(C#N)OCCS(=O)(=O)c1cc(Br)ccc1N. The van der Waals surface area contributed by atoms with E-state index in [1.165, 1.54) is 12.1 Å². The molecule has 0 heterocycles. The number of nitrogens with two attached hydrogens (primary N) is 1. The summed E-state index contributed by atoms with van der Waals surface area (Å²) in [6.45, 7) is 1.52. The van der Waals surface area contributed by atoms with Gasteiger partial charge in [0.15, 0.2) is 9.84 Å². The molecule has 0 radical (unpaired) electrons. The van der Waals surface area contributed by atoms with Gasteiger partial charge in [-0.3, -0.25) is 0 Å². The molecular formula is C11H13BrN2O3S. The Hall–Kier alpha value is -1.10. The van der Waals surface area contributed by atoms with Gasteiger partial charge in [-0.25, -0.2) is 8.42 Å². The van der Waals surface area contributed by atoms with Crippen LogP contribution in [0.5, 0.6) is 0 Å². The van der Waals surface area contributed by atoms with Crippen LogP contribution in [-0.4, -0.2) is 26.9 Å². The van der Waals surface area contributed by atoms with Crippen molar-refractivity contribution in [3.8, 4) is 6.07 Å². The van der Waals surface area contributed by atoms with Gasteiger partial charge in [-0.05, 0) is 25.1 Å². The molecule has 0 bridgehead atoms. The Bertz CT molecular complexity index is 566. The fourth-order valence-electron chi connectivity index (χ4n) is 1.26. The first-order valence-corrected chi connectivity index (χ1v) is 7.60. The van der Waals surface area contributed by atoms with E-state index < -0.39 is 15.9 Å². The Kier molecular flexibility index (Phi) is 5.14. The summed E-state index contributed by atoms with van der Waals surface area (Å²) in [7, 11) is -3.51. The van der Waals surface area contributed by atoms with Crippen molar-refractivity contribution in [2.75, 3.05) is 18.1 Å². The van der Waals surface area contributed by atoms with Crippen LogP contribution in [0.2, 0.25) is 0 Å². The molecule has 0 aliphatic rings. The second kappa shape index (κ2) is 6.18. The van der Waals surface area contributed by atoms with Gasteiger partial charge in [0.25, 0.3) is 0 Å². The van der Waals surface area contributed by atoms with Crippen LogP contribution < -0.4 is 5.73 Å². The van der Waals surface area contributed by atoms with Crippen molar-refractivity contribution < 1.29 is 13.2 Å². The average Bonchev–Trinajstić information content (AvgIpc) is 2.31. The zero-order chi connectivity index (χ0) is 13.8. The molecule has 1 unspecified atom stereocenters. The second-order valence-electron chi connectivity index (χ2n) is 3.64. The summed E-state index contributed by atoms with van der Waals surface area (Å²) in [6.07, 6.45) is -0.625. The summed E-state index contributed by atoms with van der Waals surface area (Å²) >= 11 is 3.20. The maximum atomic E-state index is 12.0. The highest BCUT2D eigenvalue weighted by Gasteiger charge is 2.18. The van der Waals surface area contributed by atoms with Crippen molar-refractivity contribution in [3.63, 3.8) is 0 Å². The van der Waals surface area contributed by atoms with Crippen molar-refractivity contribution in [1.82, 2.24) is 0 Å². The number of hydrogen-bond donors (Lipinski definition) is 1. The zero-order valence-electron chi connectivity index (χ0n) is 9.76. The van der Waals surface area contributed by atoms with Gasteiger partial charge in [-0.2, -0.15) is 5.26 Å². The number of hydrogen-bond acceptors (Lipinski definition) is 5. The van der Waals surface area contributed by atoms with Crippen LogP contribution in [0.25, 0.3) is 0 Å².